The number of anilines is 1. The Bertz CT molecular complexity index is 959. The molecule has 0 bridgehead atoms. The van der Waals surface area contributed by atoms with Crippen molar-refractivity contribution in [3.05, 3.63) is 59.1 Å². The first-order valence-corrected chi connectivity index (χ1v) is 8.34. The third-order valence-electron chi connectivity index (χ3n) is 3.54. The van der Waals surface area contributed by atoms with Crippen LogP contribution in [-0.4, -0.2) is 25.1 Å². The van der Waals surface area contributed by atoms with Gasteiger partial charge in [-0.1, -0.05) is 0 Å². The van der Waals surface area contributed by atoms with Crippen LogP contribution in [0.4, 0.5) is 14.5 Å². The van der Waals surface area contributed by atoms with Gasteiger partial charge in [0.1, 0.15) is 10.7 Å². The first-order valence-electron chi connectivity index (χ1n) is 7.46. The molecule has 2 aromatic carbocycles. The van der Waals surface area contributed by atoms with Crippen LogP contribution >= 0.6 is 11.3 Å². The Labute approximate surface area is 152 Å². The molecule has 0 spiro atoms. The van der Waals surface area contributed by atoms with Crippen LogP contribution in [0.1, 0.15) is 10.5 Å². The van der Waals surface area contributed by atoms with Crippen LogP contribution in [0.2, 0.25) is 0 Å². The number of nitrogens with zero attached hydrogens (tertiary/aromatic N) is 1. The van der Waals surface area contributed by atoms with Gasteiger partial charge in [-0.25, -0.2) is 13.8 Å². The zero-order valence-corrected chi connectivity index (χ0v) is 14.7. The number of ether oxygens (including phenoxy) is 2. The molecule has 1 aromatic heterocycles. The monoisotopic (exact) mass is 376 g/mol. The number of carbonyl (C=O) groups is 1. The van der Waals surface area contributed by atoms with Crippen LogP contribution in [0.3, 0.4) is 0 Å². The molecule has 0 saturated heterocycles. The van der Waals surface area contributed by atoms with Crippen molar-refractivity contribution in [2.45, 2.75) is 0 Å². The van der Waals surface area contributed by atoms with Gasteiger partial charge in [-0.05, 0) is 30.3 Å². The number of methoxy groups -OCH3 is 2. The lowest BCUT2D eigenvalue weighted by Gasteiger charge is -2.08. The summed E-state index contributed by atoms with van der Waals surface area (Å²) >= 11 is 1.28. The summed E-state index contributed by atoms with van der Waals surface area (Å²) in [5, 5.41) is 4.68. The van der Waals surface area contributed by atoms with Crippen molar-refractivity contribution in [3.63, 3.8) is 0 Å². The van der Waals surface area contributed by atoms with Crippen LogP contribution in [0.5, 0.6) is 11.5 Å². The second-order valence-corrected chi connectivity index (χ2v) is 6.05. The molecule has 1 heterocycles. The summed E-state index contributed by atoms with van der Waals surface area (Å²) in [4.78, 5) is 16.5. The molecule has 26 heavy (non-hydrogen) atoms. The second-order valence-electron chi connectivity index (χ2n) is 5.19. The van der Waals surface area contributed by atoms with Crippen molar-refractivity contribution < 1.29 is 23.0 Å². The molecule has 5 nitrogen and oxygen atoms in total. The number of hydrogen-bond acceptors (Lipinski definition) is 5. The quantitative estimate of drug-likeness (QED) is 0.719. The molecule has 0 unspecified atom stereocenters. The highest BCUT2D eigenvalue weighted by Crippen LogP contribution is 2.33. The lowest BCUT2D eigenvalue weighted by molar-refractivity contribution is 0.102. The predicted molar refractivity (Wildman–Crippen MR) is 95.0 cm³/mol. The van der Waals surface area contributed by atoms with Crippen LogP contribution in [-0.2, 0) is 0 Å². The maximum absolute atomic E-state index is 13.2. The summed E-state index contributed by atoms with van der Waals surface area (Å²) in [5.41, 5.74) is 1.08. The van der Waals surface area contributed by atoms with Gasteiger partial charge in [0.2, 0.25) is 0 Å². The number of nitrogens with one attached hydrogen (secondary N) is 1. The van der Waals surface area contributed by atoms with Gasteiger partial charge in [0.25, 0.3) is 5.91 Å². The number of hydrogen-bond donors (Lipinski definition) is 1. The minimum absolute atomic E-state index is 0.148. The molecule has 0 fully saturated rings. The van der Waals surface area contributed by atoms with Crippen LogP contribution in [0, 0.1) is 11.6 Å². The molecular weight excluding hydrogens is 362 g/mol. The lowest BCUT2D eigenvalue weighted by Crippen LogP contribution is -2.12. The first kappa shape index (κ1) is 17.8. The molecule has 0 aliphatic heterocycles. The van der Waals surface area contributed by atoms with E-state index in [1.807, 2.05) is 0 Å². The van der Waals surface area contributed by atoms with Crippen LogP contribution < -0.4 is 14.8 Å². The van der Waals surface area contributed by atoms with Gasteiger partial charge in [0.15, 0.2) is 23.1 Å². The van der Waals surface area contributed by atoms with Gasteiger partial charge in [-0.15, -0.1) is 11.3 Å². The molecule has 0 radical (unpaired) electrons. The fourth-order valence-corrected chi connectivity index (χ4v) is 3.05. The van der Waals surface area contributed by atoms with E-state index in [4.69, 9.17) is 9.47 Å². The molecule has 134 valence electrons. The topological polar surface area (TPSA) is 60.5 Å². The summed E-state index contributed by atoms with van der Waals surface area (Å²) in [6, 6.07) is 8.44. The Balaban J connectivity index is 1.80. The molecule has 0 aliphatic rings. The van der Waals surface area contributed by atoms with Gasteiger partial charge < -0.3 is 14.8 Å². The highest BCUT2D eigenvalue weighted by Gasteiger charge is 2.14. The molecule has 3 aromatic rings. The minimum Gasteiger partial charge on any atom is -0.493 e. The van der Waals surface area contributed by atoms with Gasteiger partial charge in [0.05, 0.1) is 14.2 Å². The van der Waals surface area contributed by atoms with Crippen molar-refractivity contribution in [1.29, 1.82) is 0 Å². The number of halogens is 2. The van der Waals surface area contributed by atoms with Crippen molar-refractivity contribution in [3.8, 4) is 22.1 Å². The summed E-state index contributed by atoms with van der Waals surface area (Å²) < 4.78 is 36.6. The fraction of sp³-hybridized carbons (Fsp3) is 0.111. The fourth-order valence-electron chi connectivity index (χ4n) is 2.25. The van der Waals surface area contributed by atoms with Crippen LogP contribution in [0.25, 0.3) is 10.6 Å². The third-order valence-corrected chi connectivity index (χ3v) is 4.44. The third kappa shape index (κ3) is 3.65. The molecule has 1 N–H and O–H groups in total. The average Bonchev–Trinajstić information content (AvgIpc) is 3.14. The molecule has 8 heteroatoms. The highest BCUT2D eigenvalue weighted by atomic mass is 32.1. The first-order chi connectivity index (χ1) is 12.5. The molecule has 0 atom stereocenters. The smallest absolute Gasteiger partial charge is 0.275 e. The van der Waals surface area contributed by atoms with Crippen molar-refractivity contribution in [2.75, 3.05) is 19.5 Å². The Kier molecular flexibility index (Phi) is 5.13. The average molecular weight is 376 g/mol. The summed E-state index contributed by atoms with van der Waals surface area (Å²) in [6.45, 7) is 0. The number of thiazole rings is 1. The van der Waals surface area contributed by atoms with E-state index in [9.17, 15) is 13.6 Å². The zero-order valence-electron chi connectivity index (χ0n) is 13.9. The molecular formula is C18H14F2N2O3S. The minimum atomic E-state index is -1.04. The van der Waals surface area contributed by atoms with Gasteiger partial charge >= 0.3 is 0 Å². The number of carbonyl (C=O) groups excluding carboxylic acids is 1. The van der Waals surface area contributed by atoms with Crippen LogP contribution in [0.15, 0.2) is 41.8 Å². The standard InChI is InChI=1S/C18H14F2N2O3S/c1-24-15-6-3-10(7-16(15)25-2)18-22-14(9-26-18)17(23)21-11-4-5-12(19)13(20)8-11/h3-9H,1-2H3,(H,21,23). The molecule has 3 rings (SSSR count). The summed E-state index contributed by atoms with van der Waals surface area (Å²) in [6.07, 6.45) is 0. The van der Waals surface area contributed by atoms with E-state index in [0.29, 0.717) is 16.5 Å². The van der Waals surface area contributed by atoms with E-state index in [1.165, 1.54) is 24.5 Å². The highest BCUT2D eigenvalue weighted by molar-refractivity contribution is 7.13. The molecule has 0 aliphatic carbocycles. The number of rotatable bonds is 5. The number of aromatic nitrogens is 1. The maximum Gasteiger partial charge on any atom is 0.275 e. The van der Waals surface area contributed by atoms with Gasteiger partial charge in [-0.3, -0.25) is 4.79 Å². The summed E-state index contributed by atoms with van der Waals surface area (Å²) in [5.74, 6) is -1.39. The Morgan fingerprint density at radius 1 is 1.04 bits per heavy atom. The summed E-state index contributed by atoms with van der Waals surface area (Å²) in [7, 11) is 3.08. The normalized spacial score (nSPS) is 10.5. The van der Waals surface area contributed by atoms with E-state index < -0.39 is 17.5 Å². The lowest BCUT2D eigenvalue weighted by atomic mass is 10.2. The number of benzene rings is 2. The Morgan fingerprint density at radius 3 is 2.50 bits per heavy atom. The van der Waals surface area contributed by atoms with Crippen molar-refractivity contribution in [1.82, 2.24) is 4.98 Å². The van der Waals surface area contributed by atoms with E-state index in [-0.39, 0.29) is 11.4 Å². The zero-order chi connectivity index (χ0) is 18.7. The SMILES string of the molecule is COc1ccc(-c2nc(C(=O)Nc3ccc(F)c(F)c3)cs2)cc1OC. The van der Waals surface area contributed by atoms with E-state index in [2.05, 4.69) is 10.3 Å². The molecule has 1 amide bonds. The predicted octanol–water partition coefficient (Wildman–Crippen LogP) is 4.36. The maximum atomic E-state index is 13.2. The number of amides is 1. The molecule has 0 saturated carbocycles. The van der Waals surface area contributed by atoms with E-state index >= 15 is 0 Å². The van der Waals surface area contributed by atoms with Gasteiger partial charge in [-0.2, -0.15) is 0 Å². The Morgan fingerprint density at radius 2 is 1.81 bits per heavy atom. The van der Waals surface area contributed by atoms with E-state index in [1.54, 1.807) is 30.7 Å². The second kappa shape index (κ2) is 7.49. The van der Waals surface area contributed by atoms with Crippen molar-refractivity contribution in [2.24, 2.45) is 0 Å². The van der Waals surface area contributed by atoms with E-state index in [0.717, 1.165) is 17.7 Å². The van der Waals surface area contributed by atoms with Gasteiger partial charge in [0, 0.05) is 22.7 Å². The largest absolute Gasteiger partial charge is 0.493 e. The van der Waals surface area contributed by atoms with Crippen molar-refractivity contribution >= 4 is 22.9 Å². The Hall–Kier alpha value is -3.00.